The van der Waals surface area contributed by atoms with E-state index in [1.165, 1.54) is 6.07 Å². The molecule has 0 saturated heterocycles. The number of carbonyl (C=O) groups excluding carboxylic acids is 1. The molecule has 2 aromatic rings. The molecule has 0 aliphatic heterocycles. The van der Waals surface area contributed by atoms with E-state index >= 15 is 0 Å². The first-order valence-corrected chi connectivity index (χ1v) is 5.99. The second kappa shape index (κ2) is 4.98. The van der Waals surface area contributed by atoms with Crippen LogP contribution in [-0.2, 0) is 0 Å². The molecule has 0 aromatic heterocycles. The maximum atomic E-state index is 13.6. The maximum absolute atomic E-state index is 13.6. The van der Waals surface area contributed by atoms with Crippen LogP contribution in [0.4, 0.5) is 4.39 Å². The Kier molecular flexibility index (Phi) is 3.60. The molecule has 2 rings (SSSR count). The number of hydrogen-bond acceptors (Lipinski definition) is 1. The number of hydrogen-bond donors (Lipinski definition) is 0. The average Bonchev–Trinajstić information content (AvgIpc) is 2.33. The lowest BCUT2D eigenvalue weighted by atomic mass is 10.0. The number of aldehydes is 1. The van der Waals surface area contributed by atoms with E-state index in [0.29, 0.717) is 28.0 Å². The summed E-state index contributed by atoms with van der Waals surface area (Å²) in [6.45, 7) is 0. The van der Waals surface area contributed by atoms with Crippen LogP contribution in [0.25, 0.3) is 11.1 Å². The number of benzene rings is 2. The largest absolute Gasteiger partial charge is 0.298 e. The van der Waals surface area contributed by atoms with Crippen molar-refractivity contribution in [2.45, 2.75) is 0 Å². The fourth-order valence-electron chi connectivity index (χ4n) is 1.52. The molecule has 0 radical (unpaired) electrons. The van der Waals surface area contributed by atoms with Crippen molar-refractivity contribution in [1.82, 2.24) is 0 Å². The van der Waals surface area contributed by atoms with Crippen molar-refractivity contribution in [2.75, 3.05) is 0 Å². The van der Waals surface area contributed by atoms with Crippen molar-refractivity contribution in [2.24, 2.45) is 0 Å². The molecular formula is C13H7BrClFO. The van der Waals surface area contributed by atoms with Gasteiger partial charge in [-0.25, -0.2) is 4.39 Å². The molecule has 0 bridgehead atoms. The lowest BCUT2D eigenvalue weighted by Crippen LogP contribution is -1.88. The smallest absolute Gasteiger partial charge is 0.151 e. The molecule has 2 aromatic carbocycles. The fraction of sp³-hybridized carbons (Fsp3) is 0. The summed E-state index contributed by atoms with van der Waals surface area (Å²) in [5.41, 5.74) is 1.40. The predicted octanol–water partition coefficient (Wildman–Crippen LogP) is 4.72. The summed E-state index contributed by atoms with van der Waals surface area (Å²) in [5, 5.41) is 0.360. The highest BCUT2D eigenvalue weighted by molar-refractivity contribution is 9.10. The summed E-state index contributed by atoms with van der Waals surface area (Å²) in [5.74, 6) is -0.340. The summed E-state index contributed by atoms with van der Waals surface area (Å²) in [7, 11) is 0. The molecule has 0 heterocycles. The minimum atomic E-state index is -0.340. The molecule has 0 fully saturated rings. The summed E-state index contributed by atoms with van der Waals surface area (Å²) in [6.07, 6.45) is 0.654. The molecule has 0 atom stereocenters. The molecule has 0 aliphatic rings. The zero-order valence-corrected chi connectivity index (χ0v) is 10.9. The first-order chi connectivity index (χ1) is 8.11. The van der Waals surface area contributed by atoms with Gasteiger partial charge in [-0.3, -0.25) is 4.79 Å². The van der Waals surface area contributed by atoms with Crippen molar-refractivity contribution < 1.29 is 9.18 Å². The zero-order valence-electron chi connectivity index (χ0n) is 8.58. The van der Waals surface area contributed by atoms with Crippen LogP contribution in [0.3, 0.4) is 0 Å². The number of carbonyl (C=O) groups is 1. The third-order valence-electron chi connectivity index (χ3n) is 2.36. The third-order valence-corrected chi connectivity index (χ3v) is 3.20. The van der Waals surface area contributed by atoms with Gasteiger partial charge in [0.2, 0.25) is 0 Å². The normalized spacial score (nSPS) is 10.3. The van der Waals surface area contributed by atoms with E-state index in [2.05, 4.69) is 15.9 Å². The molecule has 0 unspecified atom stereocenters. The van der Waals surface area contributed by atoms with Crippen LogP contribution in [0, 0.1) is 5.82 Å². The van der Waals surface area contributed by atoms with Crippen molar-refractivity contribution >= 4 is 33.8 Å². The molecule has 0 spiro atoms. The van der Waals surface area contributed by atoms with Crippen LogP contribution < -0.4 is 0 Å². The highest BCUT2D eigenvalue weighted by Gasteiger charge is 2.08. The monoisotopic (exact) mass is 312 g/mol. The first kappa shape index (κ1) is 12.3. The zero-order chi connectivity index (χ0) is 12.4. The van der Waals surface area contributed by atoms with E-state index in [9.17, 15) is 9.18 Å². The molecule has 1 nitrogen and oxygen atoms in total. The minimum Gasteiger partial charge on any atom is -0.298 e. The number of halogens is 3. The van der Waals surface area contributed by atoms with E-state index in [0.717, 1.165) is 4.47 Å². The number of rotatable bonds is 2. The Balaban J connectivity index is 2.60. The Morgan fingerprint density at radius 1 is 1.18 bits per heavy atom. The van der Waals surface area contributed by atoms with Gasteiger partial charge in [0.05, 0.1) is 5.02 Å². The Bertz CT molecular complexity index is 584. The molecule has 0 aliphatic carbocycles. The topological polar surface area (TPSA) is 17.1 Å². The second-order valence-corrected chi connectivity index (χ2v) is 4.80. The van der Waals surface area contributed by atoms with Crippen LogP contribution in [0.5, 0.6) is 0 Å². The van der Waals surface area contributed by atoms with Gasteiger partial charge in [0.1, 0.15) is 5.82 Å². The van der Waals surface area contributed by atoms with Crippen LogP contribution >= 0.6 is 27.5 Å². The Morgan fingerprint density at radius 3 is 2.65 bits per heavy atom. The van der Waals surface area contributed by atoms with E-state index in [-0.39, 0.29) is 5.82 Å². The van der Waals surface area contributed by atoms with E-state index in [4.69, 9.17) is 11.6 Å². The van der Waals surface area contributed by atoms with Gasteiger partial charge >= 0.3 is 0 Å². The highest BCUT2D eigenvalue weighted by Crippen LogP contribution is 2.28. The molecule has 0 amide bonds. The van der Waals surface area contributed by atoms with Gasteiger partial charge in [-0.05, 0) is 35.9 Å². The third kappa shape index (κ3) is 2.56. The van der Waals surface area contributed by atoms with Crippen LogP contribution in [0.1, 0.15) is 10.4 Å². The SMILES string of the molecule is O=Cc1cc(-c2cc(Br)ccc2F)ccc1Cl. The van der Waals surface area contributed by atoms with Gasteiger partial charge in [0.25, 0.3) is 0 Å². The Labute approximate surface area is 111 Å². The van der Waals surface area contributed by atoms with Gasteiger partial charge < -0.3 is 0 Å². The summed E-state index contributed by atoms with van der Waals surface area (Å²) >= 11 is 9.10. The molecule has 17 heavy (non-hydrogen) atoms. The molecule has 0 N–H and O–H groups in total. The van der Waals surface area contributed by atoms with E-state index in [1.807, 2.05) is 0 Å². The van der Waals surface area contributed by atoms with Gasteiger partial charge in [-0.1, -0.05) is 33.6 Å². The predicted molar refractivity (Wildman–Crippen MR) is 69.9 cm³/mol. The minimum absolute atomic E-state index is 0.340. The van der Waals surface area contributed by atoms with Crippen molar-refractivity contribution in [3.63, 3.8) is 0 Å². The maximum Gasteiger partial charge on any atom is 0.151 e. The molecular weight excluding hydrogens is 306 g/mol. The average molecular weight is 314 g/mol. The summed E-state index contributed by atoms with van der Waals surface area (Å²) < 4.78 is 14.4. The fourth-order valence-corrected chi connectivity index (χ4v) is 2.04. The molecule has 86 valence electrons. The van der Waals surface area contributed by atoms with Gasteiger partial charge in [-0.2, -0.15) is 0 Å². The van der Waals surface area contributed by atoms with Gasteiger partial charge in [-0.15, -0.1) is 0 Å². The standard InChI is InChI=1S/C13H7BrClFO/c14-10-2-4-13(16)11(6-10)8-1-3-12(15)9(5-8)7-17/h1-7H. The van der Waals surface area contributed by atoms with E-state index < -0.39 is 0 Å². The van der Waals surface area contributed by atoms with Crippen molar-refractivity contribution in [3.05, 3.63) is 57.3 Å². The Hall–Kier alpha value is -1.19. The molecule has 0 saturated carbocycles. The Morgan fingerprint density at radius 2 is 1.94 bits per heavy atom. The van der Waals surface area contributed by atoms with Crippen LogP contribution in [-0.4, -0.2) is 6.29 Å². The quantitative estimate of drug-likeness (QED) is 0.733. The second-order valence-electron chi connectivity index (χ2n) is 3.48. The van der Waals surface area contributed by atoms with Crippen LogP contribution in [0.2, 0.25) is 5.02 Å². The lowest BCUT2D eigenvalue weighted by Gasteiger charge is -2.06. The molecule has 4 heteroatoms. The lowest BCUT2D eigenvalue weighted by molar-refractivity contribution is 0.112. The van der Waals surface area contributed by atoms with Gasteiger partial charge in [0, 0.05) is 15.6 Å². The van der Waals surface area contributed by atoms with Crippen LogP contribution in [0.15, 0.2) is 40.9 Å². The summed E-state index contributed by atoms with van der Waals surface area (Å²) in [4.78, 5) is 10.8. The highest BCUT2D eigenvalue weighted by atomic mass is 79.9. The van der Waals surface area contributed by atoms with Gasteiger partial charge in [0.15, 0.2) is 6.29 Å². The summed E-state index contributed by atoms with van der Waals surface area (Å²) in [6, 6.07) is 9.48. The van der Waals surface area contributed by atoms with Crippen molar-refractivity contribution in [1.29, 1.82) is 0 Å². The van der Waals surface area contributed by atoms with E-state index in [1.54, 1.807) is 30.3 Å². The van der Waals surface area contributed by atoms with Crippen molar-refractivity contribution in [3.8, 4) is 11.1 Å². The first-order valence-electron chi connectivity index (χ1n) is 4.82.